The van der Waals surface area contributed by atoms with Crippen LogP contribution in [0.2, 0.25) is 0 Å². The van der Waals surface area contributed by atoms with Gasteiger partial charge in [-0.15, -0.1) is 0 Å². The summed E-state index contributed by atoms with van der Waals surface area (Å²) in [6.07, 6.45) is 0.812. The Kier molecular flexibility index (Phi) is 9.55. The molecule has 10 heteroatoms. The van der Waals surface area contributed by atoms with Crippen LogP contribution in [0, 0.1) is 0 Å². The van der Waals surface area contributed by atoms with E-state index in [1.807, 2.05) is 80.6 Å². The molecule has 0 fully saturated rings. The first-order valence-electron chi connectivity index (χ1n) is 15.3. The summed E-state index contributed by atoms with van der Waals surface area (Å²) in [5.74, 6) is -0.359. The lowest BCUT2D eigenvalue weighted by atomic mass is 9.99. The number of rotatable bonds is 10. The maximum absolute atomic E-state index is 14.0. The van der Waals surface area contributed by atoms with Gasteiger partial charge in [-0.25, -0.2) is 4.79 Å². The highest BCUT2D eigenvalue weighted by molar-refractivity contribution is 6.01. The number of amides is 4. The number of aromatic amines is 1. The minimum atomic E-state index is -0.663. The lowest BCUT2D eigenvalue weighted by molar-refractivity contribution is -0.128. The zero-order chi connectivity index (χ0) is 32.1. The van der Waals surface area contributed by atoms with Crippen molar-refractivity contribution in [3.63, 3.8) is 0 Å². The number of hydrogen-bond donors (Lipinski definition) is 6. The second-order valence-corrected chi connectivity index (χ2v) is 12.4. The van der Waals surface area contributed by atoms with E-state index in [-0.39, 0.29) is 24.3 Å². The number of aryl methyl sites for hydroxylation is 1. The molecule has 3 aromatic carbocycles. The zero-order valence-corrected chi connectivity index (χ0v) is 26.2. The Balaban J connectivity index is 1.38. The van der Waals surface area contributed by atoms with E-state index in [1.54, 1.807) is 18.9 Å². The third-order valence-corrected chi connectivity index (χ3v) is 8.08. The lowest BCUT2D eigenvalue weighted by Gasteiger charge is -2.29. The number of nitrogens with one attached hydrogen (secondary N) is 5. The maximum Gasteiger partial charge on any atom is 0.318 e. The van der Waals surface area contributed by atoms with Crippen LogP contribution in [0.3, 0.4) is 0 Å². The number of aliphatic hydroxyl groups excluding tert-OH is 1. The summed E-state index contributed by atoms with van der Waals surface area (Å²) >= 11 is 0. The Hall–Kier alpha value is -4.67. The van der Waals surface area contributed by atoms with Gasteiger partial charge in [0, 0.05) is 53.4 Å². The van der Waals surface area contributed by atoms with Crippen molar-refractivity contribution in [2.24, 2.45) is 0 Å². The minimum absolute atomic E-state index is 0.146. The number of hydrogen-bond acceptors (Lipinski definition) is 5. The number of anilines is 2. The van der Waals surface area contributed by atoms with Gasteiger partial charge >= 0.3 is 6.03 Å². The Bertz CT molecular complexity index is 1690. The van der Waals surface area contributed by atoms with E-state index < -0.39 is 17.7 Å². The van der Waals surface area contributed by atoms with Gasteiger partial charge in [0.15, 0.2) is 0 Å². The molecule has 2 atom stereocenters. The fraction of sp³-hybridized carbons (Fsp3) is 0.343. The van der Waals surface area contributed by atoms with Gasteiger partial charge in [0.05, 0.1) is 18.3 Å². The number of carbonyl (C=O) groups is 3. The Labute approximate surface area is 263 Å². The van der Waals surface area contributed by atoms with Crippen LogP contribution in [0.15, 0.2) is 72.8 Å². The Morgan fingerprint density at radius 2 is 1.82 bits per heavy atom. The number of β-amino-alcohol motifs (C(OH)–C–C–N with tert-alkyl or cyclic N) is 1. The molecular formula is C35H42N6O4. The first-order chi connectivity index (χ1) is 21.5. The normalized spacial score (nSPS) is 15.7. The third-order valence-electron chi connectivity index (χ3n) is 8.08. The van der Waals surface area contributed by atoms with Crippen LogP contribution in [0.4, 0.5) is 16.2 Å². The summed E-state index contributed by atoms with van der Waals surface area (Å²) in [4.78, 5) is 44.4. The molecule has 1 aromatic heterocycles. The molecule has 45 heavy (non-hydrogen) atoms. The number of aliphatic hydroxyl groups is 1. The van der Waals surface area contributed by atoms with E-state index in [0.717, 1.165) is 39.0 Å². The minimum Gasteiger partial charge on any atom is -0.392 e. The number of urea groups is 1. The van der Waals surface area contributed by atoms with E-state index in [2.05, 4.69) is 32.3 Å². The zero-order valence-electron chi connectivity index (χ0n) is 26.2. The van der Waals surface area contributed by atoms with Crippen molar-refractivity contribution in [3.05, 3.63) is 83.9 Å². The van der Waals surface area contributed by atoms with E-state index in [0.29, 0.717) is 31.6 Å². The molecule has 10 nitrogen and oxygen atoms in total. The first kappa shape index (κ1) is 31.7. The summed E-state index contributed by atoms with van der Waals surface area (Å²) in [6, 6.07) is 22.6. The Morgan fingerprint density at radius 1 is 1.07 bits per heavy atom. The molecule has 1 aliphatic rings. The summed E-state index contributed by atoms with van der Waals surface area (Å²) < 4.78 is 0. The van der Waals surface area contributed by atoms with Crippen molar-refractivity contribution in [3.8, 4) is 11.3 Å². The van der Waals surface area contributed by atoms with Crippen LogP contribution in [0.25, 0.3) is 22.2 Å². The maximum atomic E-state index is 14.0. The van der Waals surface area contributed by atoms with Gasteiger partial charge in [-0.1, -0.05) is 42.5 Å². The van der Waals surface area contributed by atoms with Crippen molar-refractivity contribution in [1.82, 2.24) is 20.9 Å². The molecule has 0 saturated heterocycles. The SMILES string of the molecule is CNC(=O)Nc1ccccc1-c1cc2cc(CN3C(=O)C(NC(=O)CC(C)(C)NC[C@@H](C)O)CCc4ccccc43)ccc2[nH]1. The summed E-state index contributed by atoms with van der Waals surface area (Å²) in [5, 5.41) is 22.3. The summed E-state index contributed by atoms with van der Waals surface area (Å²) in [7, 11) is 1.57. The summed E-state index contributed by atoms with van der Waals surface area (Å²) in [6.45, 7) is 6.23. The van der Waals surface area contributed by atoms with Crippen LogP contribution in [0.5, 0.6) is 0 Å². The number of carbonyl (C=O) groups excluding carboxylic acids is 3. The highest BCUT2D eigenvalue weighted by atomic mass is 16.3. The molecule has 2 heterocycles. The standard InChI is InChI=1S/C35H42N6O4/c1-22(42)20-37-35(2,3)19-32(43)39-29-16-14-24-9-5-8-12-31(24)41(33(29)44)21-23-13-15-27-25(17-23)18-30(38-27)26-10-6-7-11-28(26)40-34(45)36-4/h5-13,15,17-18,22,29,37-38,42H,14,16,19-21H2,1-4H3,(H,39,43)(H2,36,40,45)/t22-,29?/m1/s1. The van der Waals surface area contributed by atoms with Crippen LogP contribution in [0.1, 0.15) is 44.7 Å². The highest BCUT2D eigenvalue weighted by Gasteiger charge is 2.32. The second kappa shape index (κ2) is 13.5. The average Bonchev–Trinajstić information content (AvgIpc) is 3.39. The molecule has 236 valence electrons. The van der Waals surface area contributed by atoms with Crippen LogP contribution < -0.4 is 26.2 Å². The largest absolute Gasteiger partial charge is 0.392 e. The van der Waals surface area contributed by atoms with Crippen LogP contribution in [-0.4, -0.2) is 59.2 Å². The van der Waals surface area contributed by atoms with Crippen molar-refractivity contribution in [2.45, 2.75) is 64.3 Å². The molecule has 6 N–H and O–H groups in total. The predicted molar refractivity (Wildman–Crippen MR) is 178 cm³/mol. The van der Waals surface area contributed by atoms with Crippen molar-refractivity contribution < 1.29 is 19.5 Å². The molecule has 0 aliphatic carbocycles. The average molecular weight is 611 g/mol. The van der Waals surface area contributed by atoms with E-state index in [1.165, 1.54) is 0 Å². The quantitative estimate of drug-likeness (QED) is 0.155. The smallest absolute Gasteiger partial charge is 0.318 e. The van der Waals surface area contributed by atoms with Crippen molar-refractivity contribution in [2.75, 3.05) is 23.8 Å². The van der Waals surface area contributed by atoms with Crippen LogP contribution >= 0.6 is 0 Å². The lowest BCUT2D eigenvalue weighted by Crippen LogP contribution is -2.51. The number of benzene rings is 3. The third kappa shape index (κ3) is 7.71. The second-order valence-electron chi connectivity index (χ2n) is 12.4. The monoisotopic (exact) mass is 610 g/mol. The molecule has 5 rings (SSSR count). The van der Waals surface area contributed by atoms with Gasteiger partial charge in [0.1, 0.15) is 6.04 Å². The van der Waals surface area contributed by atoms with Gasteiger partial charge < -0.3 is 36.3 Å². The van der Waals surface area contributed by atoms with Gasteiger partial charge in [-0.3, -0.25) is 9.59 Å². The van der Waals surface area contributed by atoms with Crippen LogP contribution in [-0.2, 0) is 22.6 Å². The number of fused-ring (bicyclic) bond motifs is 2. The molecule has 0 radical (unpaired) electrons. The first-order valence-corrected chi connectivity index (χ1v) is 15.3. The highest BCUT2D eigenvalue weighted by Crippen LogP contribution is 2.32. The molecule has 4 aromatic rings. The number of aromatic nitrogens is 1. The van der Waals surface area contributed by atoms with E-state index in [9.17, 15) is 19.5 Å². The summed E-state index contributed by atoms with van der Waals surface area (Å²) in [5.41, 5.74) is 5.66. The van der Waals surface area contributed by atoms with Crippen molar-refractivity contribution >= 4 is 40.1 Å². The number of H-pyrrole nitrogens is 1. The van der Waals surface area contributed by atoms with Gasteiger partial charge in [-0.2, -0.15) is 0 Å². The van der Waals surface area contributed by atoms with E-state index in [4.69, 9.17) is 0 Å². The predicted octanol–water partition coefficient (Wildman–Crippen LogP) is 4.69. The molecule has 4 amide bonds. The number of para-hydroxylation sites is 2. The molecule has 1 unspecified atom stereocenters. The molecule has 0 spiro atoms. The Morgan fingerprint density at radius 3 is 2.60 bits per heavy atom. The molecule has 0 bridgehead atoms. The van der Waals surface area contributed by atoms with Gasteiger partial charge in [-0.05, 0) is 75.1 Å². The fourth-order valence-electron chi connectivity index (χ4n) is 5.77. The van der Waals surface area contributed by atoms with E-state index >= 15 is 0 Å². The molecule has 0 saturated carbocycles. The number of nitrogens with zero attached hydrogens (tertiary/aromatic N) is 1. The van der Waals surface area contributed by atoms with Gasteiger partial charge in [0.25, 0.3) is 0 Å². The van der Waals surface area contributed by atoms with Crippen molar-refractivity contribution in [1.29, 1.82) is 0 Å². The fourth-order valence-corrected chi connectivity index (χ4v) is 5.77. The topological polar surface area (TPSA) is 139 Å². The molecular weight excluding hydrogens is 568 g/mol. The molecule has 1 aliphatic heterocycles. The van der Waals surface area contributed by atoms with Gasteiger partial charge in [0.2, 0.25) is 11.8 Å².